The molecule has 0 unspecified atom stereocenters. The molecule has 6 heteroatoms. The first kappa shape index (κ1) is 19.5. The normalized spacial score (nSPS) is 24.7. The Kier molecular flexibility index (Phi) is 5.16. The Bertz CT molecular complexity index is 1090. The molecule has 2 saturated heterocycles. The number of rotatable bonds is 5. The molecule has 30 heavy (non-hydrogen) atoms. The number of sulfone groups is 1. The smallest absolute Gasteiger partial charge is 0.186 e. The molecule has 3 aromatic carbocycles. The van der Waals surface area contributed by atoms with E-state index < -0.39 is 15.1 Å². The summed E-state index contributed by atoms with van der Waals surface area (Å²) in [6.45, 7) is 1.55. The molecule has 5 nitrogen and oxygen atoms in total. The summed E-state index contributed by atoms with van der Waals surface area (Å²) >= 11 is 0. The quantitative estimate of drug-likeness (QED) is 0.631. The largest absolute Gasteiger partial charge is 0.295 e. The summed E-state index contributed by atoms with van der Waals surface area (Å²) < 4.78 is 27.0. The first-order valence-corrected chi connectivity index (χ1v) is 11.7. The molecule has 0 amide bonds. The van der Waals surface area contributed by atoms with Gasteiger partial charge in [0.1, 0.15) is 11.4 Å². The highest BCUT2D eigenvalue weighted by Crippen LogP contribution is 2.41. The molecule has 2 aliphatic heterocycles. The number of nitrogens with zero attached hydrogens (tertiary/aromatic N) is 2. The van der Waals surface area contributed by atoms with Gasteiger partial charge in [-0.15, -0.1) is 0 Å². The van der Waals surface area contributed by atoms with E-state index in [1.54, 1.807) is 24.3 Å². The number of hydrogen-bond acceptors (Lipinski definition) is 5. The molecule has 3 atom stereocenters. The maximum atomic E-state index is 13.5. The zero-order valence-electron chi connectivity index (χ0n) is 16.5. The van der Waals surface area contributed by atoms with Gasteiger partial charge in [0.25, 0.3) is 0 Å². The first-order valence-electron chi connectivity index (χ1n) is 10.2. The summed E-state index contributed by atoms with van der Waals surface area (Å²) in [6.07, 6.45) is -0.333. The van der Waals surface area contributed by atoms with Gasteiger partial charge in [0.2, 0.25) is 0 Å². The van der Waals surface area contributed by atoms with Gasteiger partial charge in [-0.05, 0) is 23.3 Å². The van der Waals surface area contributed by atoms with Gasteiger partial charge in [-0.3, -0.25) is 9.74 Å². The SMILES string of the molecule is O=S(=O)(c1ccccc1)[C@H]1CON2[C@@H](c3ccccc3)CN(Cc3ccccc3)[C@H]12. The van der Waals surface area contributed by atoms with E-state index in [0.29, 0.717) is 18.0 Å². The van der Waals surface area contributed by atoms with Crippen LogP contribution >= 0.6 is 0 Å². The second-order valence-corrected chi connectivity index (χ2v) is 9.97. The predicted molar refractivity (Wildman–Crippen MR) is 115 cm³/mol. The van der Waals surface area contributed by atoms with Crippen LogP contribution in [-0.4, -0.2) is 42.9 Å². The summed E-state index contributed by atoms with van der Waals surface area (Å²) in [5, 5.41) is 1.26. The van der Waals surface area contributed by atoms with Gasteiger partial charge in [-0.25, -0.2) is 8.42 Å². The molecule has 5 rings (SSSR count). The Morgan fingerprint density at radius 1 is 0.833 bits per heavy atom. The Labute approximate surface area is 177 Å². The highest BCUT2D eigenvalue weighted by Gasteiger charge is 2.54. The lowest BCUT2D eigenvalue weighted by atomic mass is 10.1. The molecule has 2 heterocycles. The van der Waals surface area contributed by atoms with Crippen LogP contribution in [0.2, 0.25) is 0 Å². The zero-order valence-corrected chi connectivity index (χ0v) is 17.4. The fourth-order valence-corrected chi connectivity index (χ4v) is 6.24. The molecule has 3 aromatic rings. The van der Waals surface area contributed by atoms with Crippen molar-refractivity contribution < 1.29 is 13.3 Å². The standard InChI is InChI=1S/C24H24N2O3S/c27-30(28,21-14-8-3-9-15-21)23-18-29-26-22(20-12-6-2-7-13-20)17-25(24(23)26)16-19-10-4-1-5-11-19/h1-15,22-24H,16-18H2/t22-,23+,24+/m1/s1. The van der Waals surface area contributed by atoms with Crippen LogP contribution in [0.5, 0.6) is 0 Å². The average Bonchev–Trinajstić information content (AvgIpc) is 3.38. The first-order chi connectivity index (χ1) is 14.6. The van der Waals surface area contributed by atoms with Crippen molar-refractivity contribution in [1.29, 1.82) is 0 Å². The van der Waals surface area contributed by atoms with Gasteiger partial charge < -0.3 is 0 Å². The highest BCUT2D eigenvalue weighted by atomic mass is 32.2. The van der Waals surface area contributed by atoms with Crippen LogP contribution in [0.3, 0.4) is 0 Å². The van der Waals surface area contributed by atoms with E-state index >= 15 is 0 Å². The fourth-order valence-electron chi connectivity index (χ4n) is 4.51. The molecule has 0 aromatic heterocycles. The summed E-state index contributed by atoms with van der Waals surface area (Å²) in [6, 6.07) is 29.1. The van der Waals surface area contributed by atoms with E-state index in [0.717, 1.165) is 11.1 Å². The zero-order chi connectivity index (χ0) is 20.6. The van der Waals surface area contributed by atoms with Gasteiger partial charge in [0.05, 0.1) is 17.5 Å². The number of hydrogen-bond donors (Lipinski definition) is 0. The predicted octanol–water partition coefficient (Wildman–Crippen LogP) is 3.66. The summed E-state index contributed by atoms with van der Waals surface area (Å²) in [5.74, 6) is 0. The molecule has 2 aliphatic rings. The molecule has 0 saturated carbocycles. The Balaban J connectivity index is 1.51. The van der Waals surface area contributed by atoms with Crippen molar-refractivity contribution in [2.45, 2.75) is 28.9 Å². The van der Waals surface area contributed by atoms with Crippen LogP contribution in [0.1, 0.15) is 17.2 Å². The molecule has 154 valence electrons. The van der Waals surface area contributed by atoms with E-state index in [9.17, 15) is 8.42 Å². The maximum Gasteiger partial charge on any atom is 0.186 e. The van der Waals surface area contributed by atoms with Crippen LogP contribution in [0.25, 0.3) is 0 Å². The van der Waals surface area contributed by atoms with Crippen molar-refractivity contribution in [3.8, 4) is 0 Å². The van der Waals surface area contributed by atoms with Crippen LogP contribution in [-0.2, 0) is 21.2 Å². The lowest BCUT2D eigenvalue weighted by molar-refractivity contribution is -0.150. The molecule has 2 fully saturated rings. The fraction of sp³-hybridized carbons (Fsp3) is 0.250. The lowest BCUT2D eigenvalue weighted by Crippen LogP contribution is -2.45. The summed E-state index contributed by atoms with van der Waals surface area (Å²) in [4.78, 5) is 8.64. The van der Waals surface area contributed by atoms with Crippen LogP contribution in [0.15, 0.2) is 95.9 Å². The molecule has 0 spiro atoms. The van der Waals surface area contributed by atoms with E-state index in [-0.39, 0.29) is 18.8 Å². The Morgan fingerprint density at radius 2 is 1.43 bits per heavy atom. The van der Waals surface area contributed by atoms with E-state index in [4.69, 9.17) is 4.84 Å². The van der Waals surface area contributed by atoms with Crippen molar-refractivity contribution >= 4 is 9.84 Å². The van der Waals surface area contributed by atoms with Gasteiger partial charge in [-0.2, -0.15) is 5.06 Å². The number of benzene rings is 3. The van der Waals surface area contributed by atoms with Crippen molar-refractivity contribution in [2.75, 3.05) is 13.2 Å². The van der Waals surface area contributed by atoms with Crippen LogP contribution in [0.4, 0.5) is 0 Å². The molecule has 0 bridgehead atoms. The molecule has 0 N–H and O–H groups in total. The number of fused-ring (bicyclic) bond motifs is 1. The third-order valence-electron chi connectivity index (χ3n) is 5.95. The minimum absolute atomic E-state index is 0.00381. The van der Waals surface area contributed by atoms with Crippen molar-refractivity contribution in [3.05, 3.63) is 102 Å². The number of hydroxylamine groups is 2. The van der Waals surface area contributed by atoms with E-state index in [1.165, 1.54) is 0 Å². The Hall–Kier alpha value is -2.51. The van der Waals surface area contributed by atoms with Crippen molar-refractivity contribution in [1.82, 2.24) is 9.96 Å². The van der Waals surface area contributed by atoms with Gasteiger partial charge in [0, 0.05) is 13.1 Å². The van der Waals surface area contributed by atoms with E-state index in [1.807, 2.05) is 47.5 Å². The maximum absolute atomic E-state index is 13.5. The van der Waals surface area contributed by atoms with Crippen molar-refractivity contribution in [3.63, 3.8) is 0 Å². The van der Waals surface area contributed by atoms with Gasteiger partial charge in [-0.1, -0.05) is 78.9 Å². The van der Waals surface area contributed by atoms with Crippen molar-refractivity contribution in [2.24, 2.45) is 0 Å². The van der Waals surface area contributed by atoms with Gasteiger partial charge >= 0.3 is 0 Å². The second kappa shape index (κ2) is 7.96. The molecular formula is C24H24N2O3S. The topological polar surface area (TPSA) is 49.9 Å². The highest BCUT2D eigenvalue weighted by molar-refractivity contribution is 7.92. The monoisotopic (exact) mass is 420 g/mol. The third kappa shape index (κ3) is 3.46. The molecule has 0 aliphatic carbocycles. The third-order valence-corrected chi connectivity index (χ3v) is 8.06. The minimum Gasteiger partial charge on any atom is -0.295 e. The summed E-state index contributed by atoms with van der Waals surface area (Å²) in [7, 11) is -3.53. The second-order valence-electron chi connectivity index (χ2n) is 7.81. The Morgan fingerprint density at radius 3 is 2.10 bits per heavy atom. The van der Waals surface area contributed by atoms with Crippen LogP contribution in [0, 0.1) is 0 Å². The average molecular weight is 421 g/mol. The lowest BCUT2D eigenvalue weighted by Gasteiger charge is -2.27. The molecule has 0 radical (unpaired) electrons. The van der Waals surface area contributed by atoms with Gasteiger partial charge in [0.15, 0.2) is 9.84 Å². The molecular weight excluding hydrogens is 396 g/mol. The minimum atomic E-state index is -3.53. The van der Waals surface area contributed by atoms with Crippen LogP contribution < -0.4 is 0 Å². The van der Waals surface area contributed by atoms with E-state index in [2.05, 4.69) is 29.2 Å². The summed E-state index contributed by atoms with van der Waals surface area (Å²) in [5.41, 5.74) is 2.30.